The minimum Gasteiger partial charge on any atom is -0.496 e. The molecule has 7 heteroatoms. The monoisotopic (exact) mass is 433 g/mol. The van der Waals surface area contributed by atoms with Crippen molar-refractivity contribution in [2.75, 3.05) is 7.11 Å². The molecule has 0 aliphatic rings. The number of ether oxygens (including phenoxy) is 1. The minimum atomic E-state index is -0.353. The maximum Gasteiger partial charge on any atom is 0.336 e. The zero-order valence-corrected chi connectivity index (χ0v) is 18.5. The summed E-state index contributed by atoms with van der Waals surface area (Å²) in [4.78, 5) is 12.1. The minimum absolute atomic E-state index is 0.353. The average molecular weight is 434 g/mol. The Labute approximate surface area is 184 Å². The van der Waals surface area contributed by atoms with Gasteiger partial charge in [-0.1, -0.05) is 30.0 Å². The van der Waals surface area contributed by atoms with Crippen LogP contribution >= 0.6 is 11.8 Å². The van der Waals surface area contributed by atoms with Crippen molar-refractivity contribution < 1.29 is 9.15 Å². The Morgan fingerprint density at radius 3 is 2.71 bits per heavy atom. The normalized spacial score (nSPS) is 11.1. The van der Waals surface area contributed by atoms with E-state index in [-0.39, 0.29) is 5.63 Å². The lowest BCUT2D eigenvalue weighted by Crippen LogP contribution is -2.03. The average Bonchev–Trinajstić information content (AvgIpc) is 3.16. The van der Waals surface area contributed by atoms with Gasteiger partial charge >= 0.3 is 5.63 Å². The van der Waals surface area contributed by atoms with Crippen molar-refractivity contribution in [3.8, 4) is 17.1 Å². The van der Waals surface area contributed by atoms with Gasteiger partial charge in [0.05, 0.1) is 12.7 Å². The van der Waals surface area contributed by atoms with Crippen LogP contribution in [0.1, 0.15) is 16.7 Å². The molecule has 0 radical (unpaired) electrons. The number of methoxy groups -OCH3 is 1. The van der Waals surface area contributed by atoms with E-state index >= 15 is 0 Å². The number of hydrogen-bond acceptors (Lipinski definition) is 6. The predicted molar refractivity (Wildman–Crippen MR) is 124 cm³/mol. The van der Waals surface area contributed by atoms with Crippen LogP contribution in [-0.2, 0) is 12.3 Å². The maximum absolute atomic E-state index is 12.1. The van der Waals surface area contributed by atoms with Crippen molar-refractivity contribution in [3.05, 3.63) is 82.2 Å². The molecule has 0 saturated carbocycles. The third-order valence-corrected chi connectivity index (χ3v) is 6.19. The molecule has 0 fully saturated rings. The lowest BCUT2D eigenvalue weighted by molar-refractivity contribution is 0.416. The van der Waals surface area contributed by atoms with E-state index in [0.29, 0.717) is 23.7 Å². The molecule has 31 heavy (non-hydrogen) atoms. The molecule has 0 amide bonds. The molecule has 0 N–H and O–H groups in total. The van der Waals surface area contributed by atoms with Crippen molar-refractivity contribution in [1.29, 1.82) is 0 Å². The molecule has 2 heterocycles. The largest absolute Gasteiger partial charge is 0.496 e. The Kier molecular flexibility index (Phi) is 5.95. The summed E-state index contributed by atoms with van der Waals surface area (Å²) < 4.78 is 12.9. The molecule has 0 spiro atoms. The summed E-state index contributed by atoms with van der Waals surface area (Å²) in [5.41, 5.74) is 4.27. The Hall–Kier alpha value is -3.32. The first kappa shape index (κ1) is 20.9. The molecule has 0 saturated heterocycles. The van der Waals surface area contributed by atoms with Crippen LogP contribution in [-0.4, -0.2) is 21.9 Å². The van der Waals surface area contributed by atoms with Gasteiger partial charge in [-0.2, -0.15) is 0 Å². The highest BCUT2D eigenvalue weighted by atomic mass is 32.2. The number of hydrogen-bond donors (Lipinski definition) is 0. The second kappa shape index (κ2) is 8.81. The predicted octanol–water partition coefficient (Wildman–Crippen LogP) is 5.16. The zero-order valence-electron chi connectivity index (χ0n) is 17.7. The maximum atomic E-state index is 12.1. The second-order valence-corrected chi connectivity index (χ2v) is 8.16. The van der Waals surface area contributed by atoms with E-state index in [4.69, 9.17) is 9.15 Å². The number of fused-ring (bicyclic) bond motifs is 1. The van der Waals surface area contributed by atoms with Gasteiger partial charge in [-0.15, -0.1) is 16.8 Å². The van der Waals surface area contributed by atoms with Crippen LogP contribution in [0, 0.1) is 13.8 Å². The van der Waals surface area contributed by atoms with Gasteiger partial charge in [0, 0.05) is 23.8 Å². The fourth-order valence-electron chi connectivity index (χ4n) is 3.46. The van der Waals surface area contributed by atoms with E-state index in [9.17, 15) is 4.79 Å². The van der Waals surface area contributed by atoms with E-state index in [1.54, 1.807) is 13.2 Å². The summed E-state index contributed by atoms with van der Waals surface area (Å²) in [5.74, 6) is 2.00. The molecular weight excluding hydrogens is 410 g/mol. The number of nitrogens with zero attached hydrogens (tertiary/aromatic N) is 3. The van der Waals surface area contributed by atoms with Crippen LogP contribution in [0.3, 0.4) is 0 Å². The molecule has 2 aromatic heterocycles. The van der Waals surface area contributed by atoms with Gasteiger partial charge < -0.3 is 9.15 Å². The SMILES string of the molecule is C=CCn1c(SCc2cc(=O)oc3cc(C)c(C)cc23)nnc1-c1ccccc1OC. The molecule has 0 aliphatic carbocycles. The third kappa shape index (κ3) is 4.14. The summed E-state index contributed by atoms with van der Waals surface area (Å²) in [6, 6.07) is 13.3. The van der Waals surface area contributed by atoms with Gasteiger partial charge in [-0.3, -0.25) is 4.57 Å². The van der Waals surface area contributed by atoms with Gasteiger partial charge in [0.15, 0.2) is 11.0 Å². The highest BCUT2D eigenvalue weighted by Gasteiger charge is 2.17. The molecule has 0 unspecified atom stereocenters. The quantitative estimate of drug-likeness (QED) is 0.228. The first-order valence-corrected chi connectivity index (χ1v) is 10.8. The van der Waals surface area contributed by atoms with Gasteiger partial charge in [-0.25, -0.2) is 4.79 Å². The van der Waals surface area contributed by atoms with Gasteiger partial charge in [0.1, 0.15) is 11.3 Å². The number of allylic oxidation sites excluding steroid dienone is 1. The zero-order chi connectivity index (χ0) is 22.0. The third-order valence-electron chi connectivity index (χ3n) is 5.18. The first-order valence-electron chi connectivity index (χ1n) is 9.86. The highest BCUT2D eigenvalue weighted by molar-refractivity contribution is 7.98. The first-order chi connectivity index (χ1) is 15.0. The molecule has 2 aromatic carbocycles. The van der Waals surface area contributed by atoms with Crippen LogP contribution in [0.5, 0.6) is 5.75 Å². The Morgan fingerprint density at radius 2 is 1.94 bits per heavy atom. The van der Waals surface area contributed by atoms with Gasteiger partial charge in [0.25, 0.3) is 0 Å². The molecule has 0 aliphatic heterocycles. The van der Waals surface area contributed by atoms with Crippen LogP contribution in [0.25, 0.3) is 22.4 Å². The summed E-state index contributed by atoms with van der Waals surface area (Å²) in [6.45, 7) is 8.49. The molecule has 0 atom stereocenters. The van der Waals surface area contributed by atoms with E-state index in [2.05, 4.69) is 29.8 Å². The Bertz CT molecular complexity index is 1320. The second-order valence-electron chi connectivity index (χ2n) is 7.22. The number of rotatable bonds is 7. The van der Waals surface area contributed by atoms with Crippen LogP contribution in [0.4, 0.5) is 0 Å². The van der Waals surface area contributed by atoms with Crippen molar-refractivity contribution in [2.24, 2.45) is 0 Å². The molecule has 0 bridgehead atoms. The van der Waals surface area contributed by atoms with Crippen molar-refractivity contribution in [2.45, 2.75) is 31.3 Å². The lowest BCUT2D eigenvalue weighted by Gasteiger charge is -2.11. The van der Waals surface area contributed by atoms with E-state index in [1.807, 2.05) is 47.9 Å². The van der Waals surface area contributed by atoms with Crippen molar-refractivity contribution >= 4 is 22.7 Å². The highest BCUT2D eigenvalue weighted by Crippen LogP contribution is 2.33. The summed E-state index contributed by atoms with van der Waals surface area (Å²) in [7, 11) is 1.64. The number of aryl methyl sites for hydroxylation is 2. The van der Waals surface area contributed by atoms with E-state index in [1.165, 1.54) is 11.8 Å². The van der Waals surface area contributed by atoms with Crippen molar-refractivity contribution in [1.82, 2.24) is 14.8 Å². The van der Waals surface area contributed by atoms with Crippen LogP contribution < -0.4 is 10.4 Å². The molecule has 158 valence electrons. The summed E-state index contributed by atoms with van der Waals surface area (Å²) in [5, 5.41) is 10.5. The van der Waals surface area contributed by atoms with Crippen LogP contribution in [0.15, 0.2) is 69.5 Å². The van der Waals surface area contributed by atoms with E-state index < -0.39 is 0 Å². The molecular formula is C24H23N3O3S. The topological polar surface area (TPSA) is 70.2 Å². The number of para-hydroxylation sites is 1. The fourth-order valence-corrected chi connectivity index (χ4v) is 4.40. The number of aromatic nitrogens is 3. The summed E-state index contributed by atoms with van der Waals surface area (Å²) in [6.07, 6.45) is 1.81. The van der Waals surface area contributed by atoms with Gasteiger partial charge in [-0.05, 0) is 54.8 Å². The Balaban J connectivity index is 1.71. The van der Waals surface area contributed by atoms with E-state index in [0.717, 1.165) is 38.5 Å². The number of thioether (sulfide) groups is 1. The fraction of sp³-hybridized carbons (Fsp3) is 0.208. The standard InChI is InChI=1S/C24H23N3O3S/c1-5-10-27-23(18-8-6-7-9-20(18)29-4)25-26-24(27)31-14-17-13-22(28)30-21-12-16(3)15(2)11-19(17)21/h5-9,11-13H,1,10,14H2,2-4H3. The molecule has 4 aromatic rings. The van der Waals surface area contributed by atoms with Gasteiger partial charge in [0.2, 0.25) is 0 Å². The number of benzene rings is 2. The Morgan fingerprint density at radius 1 is 1.16 bits per heavy atom. The van der Waals surface area contributed by atoms with Crippen LogP contribution in [0.2, 0.25) is 0 Å². The lowest BCUT2D eigenvalue weighted by atomic mass is 10.0. The smallest absolute Gasteiger partial charge is 0.336 e. The van der Waals surface area contributed by atoms with Crippen molar-refractivity contribution in [3.63, 3.8) is 0 Å². The molecule has 4 rings (SSSR count). The summed E-state index contributed by atoms with van der Waals surface area (Å²) >= 11 is 1.52. The molecule has 6 nitrogen and oxygen atoms in total.